The van der Waals surface area contributed by atoms with E-state index >= 15 is 0 Å². The van der Waals surface area contributed by atoms with Gasteiger partial charge in [-0.2, -0.15) is 9.72 Å². The van der Waals surface area contributed by atoms with Gasteiger partial charge < -0.3 is 15.1 Å². The normalized spacial score (nSPS) is 11.6. The Morgan fingerprint density at radius 1 is 1.38 bits per heavy atom. The highest BCUT2D eigenvalue weighted by Gasteiger charge is 2.17. The number of aryl methyl sites for hydroxylation is 1. The fraction of sp³-hybridized carbons (Fsp3) is 0.200. The summed E-state index contributed by atoms with van der Waals surface area (Å²) >= 11 is 1.33. The van der Waals surface area contributed by atoms with Crippen LogP contribution >= 0.6 is 11.3 Å². The Hall–Kier alpha value is -2.94. The zero-order chi connectivity index (χ0) is 16.9. The highest BCUT2D eigenvalue weighted by molar-refractivity contribution is 7.13. The van der Waals surface area contributed by atoms with Gasteiger partial charge in [-0.3, -0.25) is 0 Å². The van der Waals surface area contributed by atoms with E-state index < -0.39 is 5.76 Å². The third-order valence-electron chi connectivity index (χ3n) is 3.11. The fourth-order valence-electron chi connectivity index (χ4n) is 2.06. The summed E-state index contributed by atoms with van der Waals surface area (Å²) in [6.45, 7) is 2.45. The minimum absolute atomic E-state index is 0.165. The summed E-state index contributed by atoms with van der Waals surface area (Å²) in [6.07, 6.45) is 0. The van der Waals surface area contributed by atoms with Crippen LogP contribution in [0.5, 0.6) is 0 Å². The van der Waals surface area contributed by atoms with E-state index in [0.717, 1.165) is 5.56 Å². The van der Waals surface area contributed by atoms with Crippen molar-refractivity contribution in [1.82, 2.24) is 14.7 Å². The molecule has 0 spiro atoms. The molecule has 0 aliphatic heterocycles. The lowest BCUT2D eigenvalue weighted by atomic mass is 10.1. The van der Waals surface area contributed by atoms with Gasteiger partial charge >= 0.3 is 5.76 Å². The number of oxime groups is 1. The number of hydrogen-bond acceptors (Lipinski definition) is 8. The first-order valence-electron chi connectivity index (χ1n) is 7.21. The lowest BCUT2D eigenvalue weighted by molar-refractivity contribution is 0.128. The summed E-state index contributed by atoms with van der Waals surface area (Å²) in [6, 6.07) is 9.31. The largest absolute Gasteiger partial charge is 0.460 e. The monoisotopic (exact) mass is 345 g/mol. The maximum atomic E-state index is 11.5. The van der Waals surface area contributed by atoms with Gasteiger partial charge in [-0.25, -0.2) is 9.78 Å². The van der Waals surface area contributed by atoms with Crippen molar-refractivity contribution < 1.29 is 9.36 Å². The number of nitrogens with two attached hydrogens (primary N) is 1. The molecule has 2 aromatic heterocycles. The average molecular weight is 345 g/mol. The topological polar surface area (TPSA) is 109 Å². The lowest BCUT2D eigenvalue weighted by Crippen LogP contribution is -2.13. The third kappa shape index (κ3) is 3.51. The van der Waals surface area contributed by atoms with Gasteiger partial charge in [0.25, 0.3) is 0 Å². The van der Waals surface area contributed by atoms with Gasteiger partial charge in [-0.05, 0) is 6.92 Å². The fourth-order valence-corrected chi connectivity index (χ4v) is 2.60. The molecule has 0 fully saturated rings. The van der Waals surface area contributed by atoms with Crippen LogP contribution in [0.4, 0.5) is 5.13 Å². The molecule has 9 heteroatoms. The van der Waals surface area contributed by atoms with E-state index in [1.807, 2.05) is 37.3 Å². The number of aromatic nitrogens is 3. The van der Waals surface area contributed by atoms with Crippen LogP contribution in [-0.2, 0) is 18.0 Å². The van der Waals surface area contributed by atoms with Gasteiger partial charge in [0.2, 0.25) is 5.82 Å². The molecule has 0 bridgehead atoms. The standard InChI is InChI=1S/C15H15N5O3S/c1-2-20-13(18-15(21)23-20)12(10-6-4-3-5-7-10)19-22-8-11-9-24-14(16)17-11/h3-7,9H,2,8H2,1H3,(H2,16,17)/b19-12-. The predicted octanol–water partition coefficient (Wildman–Crippen LogP) is 1.86. The van der Waals surface area contributed by atoms with Crippen LogP contribution in [0.2, 0.25) is 0 Å². The molecule has 0 atom stereocenters. The third-order valence-corrected chi connectivity index (χ3v) is 3.83. The molecule has 0 saturated carbocycles. The van der Waals surface area contributed by atoms with Crippen molar-refractivity contribution >= 4 is 22.2 Å². The van der Waals surface area contributed by atoms with Gasteiger partial charge in [0.1, 0.15) is 0 Å². The molecule has 0 aliphatic carbocycles. The van der Waals surface area contributed by atoms with E-state index in [1.54, 1.807) is 5.38 Å². The van der Waals surface area contributed by atoms with E-state index in [0.29, 0.717) is 28.9 Å². The molecule has 0 aliphatic rings. The second kappa shape index (κ2) is 7.09. The molecule has 2 N–H and O–H groups in total. The minimum Gasteiger partial charge on any atom is -0.389 e. The van der Waals surface area contributed by atoms with Crippen molar-refractivity contribution in [3.05, 3.63) is 63.3 Å². The second-order valence-corrected chi connectivity index (χ2v) is 5.63. The molecule has 2 heterocycles. The zero-order valence-corrected chi connectivity index (χ0v) is 13.7. The molecule has 0 unspecified atom stereocenters. The van der Waals surface area contributed by atoms with E-state index in [9.17, 15) is 4.79 Å². The molecule has 0 saturated heterocycles. The smallest absolute Gasteiger partial charge is 0.389 e. The Labute approximate surface area is 141 Å². The molecule has 0 amide bonds. The Balaban J connectivity index is 1.93. The van der Waals surface area contributed by atoms with Crippen molar-refractivity contribution in [2.24, 2.45) is 5.16 Å². The van der Waals surface area contributed by atoms with Crippen LogP contribution in [0.15, 0.2) is 50.2 Å². The van der Waals surface area contributed by atoms with Gasteiger partial charge in [-0.15, -0.1) is 11.3 Å². The van der Waals surface area contributed by atoms with Gasteiger partial charge in [0.05, 0.1) is 12.2 Å². The minimum atomic E-state index is -0.678. The van der Waals surface area contributed by atoms with E-state index in [4.69, 9.17) is 15.1 Å². The highest BCUT2D eigenvalue weighted by atomic mass is 32.1. The van der Waals surface area contributed by atoms with Crippen molar-refractivity contribution in [1.29, 1.82) is 0 Å². The zero-order valence-electron chi connectivity index (χ0n) is 12.9. The van der Waals surface area contributed by atoms with Gasteiger partial charge in [-0.1, -0.05) is 35.5 Å². The summed E-state index contributed by atoms with van der Waals surface area (Å²) in [5, 5.41) is 6.42. The van der Waals surface area contributed by atoms with Crippen LogP contribution in [0.3, 0.4) is 0 Å². The summed E-state index contributed by atoms with van der Waals surface area (Å²) in [4.78, 5) is 24.9. The van der Waals surface area contributed by atoms with Gasteiger partial charge in [0.15, 0.2) is 17.5 Å². The SMILES string of the molecule is CCn1oc(=O)nc1/C(=N\OCc1csc(N)n1)c1ccccc1. The Kier molecular flexibility index (Phi) is 4.71. The number of rotatable bonds is 6. The molecular formula is C15H15N5O3S. The summed E-state index contributed by atoms with van der Waals surface area (Å²) in [5.41, 5.74) is 7.43. The number of anilines is 1. The number of benzene rings is 1. The van der Waals surface area contributed by atoms with Crippen LogP contribution in [-0.4, -0.2) is 20.4 Å². The summed E-state index contributed by atoms with van der Waals surface area (Å²) in [5.74, 6) is -0.366. The molecule has 3 rings (SSSR count). The predicted molar refractivity (Wildman–Crippen MR) is 89.8 cm³/mol. The van der Waals surface area contributed by atoms with Crippen LogP contribution < -0.4 is 11.5 Å². The Bertz CT molecular complexity index is 897. The van der Waals surface area contributed by atoms with Crippen molar-refractivity contribution in [2.75, 3.05) is 5.73 Å². The molecule has 1 aromatic carbocycles. The summed E-state index contributed by atoms with van der Waals surface area (Å²) in [7, 11) is 0. The van der Waals surface area contributed by atoms with Crippen LogP contribution in [0, 0.1) is 0 Å². The van der Waals surface area contributed by atoms with Crippen molar-refractivity contribution in [3.63, 3.8) is 0 Å². The molecular weight excluding hydrogens is 330 g/mol. The molecule has 8 nitrogen and oxygen atoms in total. The lowest BCUT2D eigenvalue weighted by Gasteiger charge is -2.06. The number of thiazole rings is 1. The molecule has 124 valence electrons. The first-order valence-corrected chi connectivity index (χ1v) is 8.09. The highest BCUT2D eigenvalue weighted by Crippen LogP contribution is 2.13. The maximum Gasteiger partial charge on any atom is 0.460 e. The number of hydrogen-bond donors (Lipinski definition) is 1. The number of nitrogen functional groups attached to an aromatic ring is 1. The maximum absolute atomic E-state index is 11.5. The molecule has 0 radical (unpaired) electrons. The van der Waals surface area contributed by atoms with Crippen LogP contribution in [0.25, 0.3) is 0 Å². The first kappa shape index (κ1) is 15.9. The Morgan fingerprint density at radius 2 is 2.17 bits per heavy atom. The summed E-state index contributed by atoms with van der Waals surface area (Å²) < 4.78 is 6.39. The average Bonchev–Trinajstić information content (AvgIpc) is 3.17. The van der Waals surface area contributed by atoms with Crippen molar-refractivity contribution in [3.8, 4) is 0 Å². The Morgan fingerprint density at radius 3 is 2.83 bits per heavy atom. The van der Waals surface area contributed by atoms with E-state index in [1.165, 1.54) is 16.1 Å². The molecule has 24 heavy (non-hydrogen) atoms. The number of nitrogens with zero attached hydrogens (tertiary/aromatic N) is 4. The second-order valence-electron chi connectivity index (χ2n) is 4.74. The first-order chi connectivity index (χ1) is 11.7. The van der Waals surface area contributed by atoms with Crippen LogP contribution in [0.1, 0.15) is 24.0 Å². The quantitative estimate of drug-likeness (QED) is 0.539. The molecule has 3 aromatic rings. The van der Waals surface area contributed by atoms with Crippen molar-refractivity contribution in [2.45, 2.75) is 20.1 Å². The van der Waals surface area contributed by atoms with E-state index in [2.05, 4.69) is 15.1 Å². The van der Waals surface area contributed by atoms with E-state index in [-0.39, 0.29) is 6.61 Å². The van der Waals surface area contributed by atoms with Gasteiger partial charge in [0, 0.05) is 10.9 Å².